The zero-order chi connectivity index (χ0) is 13.7. The number of hydroxylamine groups is 1. The number of nitrogens with one attached hydrogen (secondary N) is 1. The maximum Gasteiger partial charge on any atom is 0.284 e. The molecule has 1 aliphatic rings. The van der Waals surface area contributed by atoms with Crippen molar-refractivity contribution in [2.75, 3.05) is 6.61 Å². The van der Waals surface area contributed by atoms with Crippen molar-refractivity contribution < 1.29 is 14.4 Å². The predicted molar refractivity (Wildman–Crippen MR) is 73.0 cm³/mol. The van der Waals surface area contributed by atoms with Gasteiger partial charge in [-0.1, -0.05) is 18.0 Å². The van der Waals surface area contributed by atoms with Gasteiger partial charge in [0.2, 0.25) is 0 Å². The van der Waals surface area contributed by atoms with Crippen LogP contribution in [0, 0.1) is 5.92 Å². The first-order valence-electron chi connectivity index (χ1n) is 6.49. The second-order valence-electron chi connectivity index (χ2n) is 4.79. The van der Waals surface area contributed by atoms with E-state index >= 15 is 0 Å². The SMILES string of the molecule is C[C@H](Oc1ccc(Cl)cc1)C(=O)NOCC1CCC1. The molecule has 104 valence electrons. The average molecular weight is 284 g/mol. The lowest BCUT2D eigenvalue weighted by Gasteiger charge is -2.24. The number of benzene rings is 1. The summed E-state index contributed by atoms with van der Waals surface area (Å²) in [5.41, 5.74) is 2.42. The monoisotopic (exact) mass is 283 g/mol. The molecule has 0 spiro atoms. The molecule has 1 atom stereocenters. The van der Waals surface area contributed by atoms with Gasteiger partial charge in [-0.2, -0.15) is 0 Å². The minimum atomic E-state index is -0.609. The van der Waals surface area contributed by atoms with Crippen molar-refractivity contribution in [2.45, 2.75) is 32.3 Å². The van der Waals surface area contributed by atoms with Crippen LogP contribution >= 0.6 is 11.6 Å². The van der Waals surface area contributed by atoms with Gasteiger partial charge < -0.3 is 4.74 Å². The van der Waals surface area contributed by atoms with Crippen LogP contribution in [0.15, 0.2) is 24.3 Å². The van der Waals surface area contributed by atoms with Crippen LogP contribution in [0.4, 0.5) is 0 Å². The van der Waals surface area contributed by atoms with Gasteiger partial charge in [0, 0.05) is 5.02 Å². The maximum absolute atomic E-state index is 11.7. The molecule has 1 aromatic rings. The van der Waals surface area contributed by atoms with E-state index in [2.05, 4.69) is 5.48 Å². The van der Waals surface area contributed by atoms with Gasteiger partial charge in [0.15, 0.2) is 6.10 Å². The topological polar surface area (TPSA) is 47.6 Å². The smallest absolute Gasteiger partial charge is 0.284 e. The fourth-order valence-electron chi connectivity index (χ4n) is 1.74. The van der Waals surface area contributed by atoms with E-state index in [9.17, 15) is 4.79 Å². The summed E-state index contributed by atoms with van der Waals surface area (Å²) in [6, 6.07) is 6.88. The average Bonchev–Trinajstić information content (AvgIpc) is 2.35. The van der Waals surface area contributed by atoms with Gasteiger partial charge in [-0.15, -0.1) is 0 Å². The van der Waals surface area contributed by atoms with Crippen molar-refractivity contribution in [1.82, 2.24) is 5.48 Å². The van der Waals surface area contributed by atoms with Crippen molar-refractivity contribution in [3.05, 3.63) is 29.3 Å². The summed E-state index contributed by atoms with van der Waals surface area (Å²) in [6.45, 7) is 2.26. The van der Waals surface area contributed by atoms with Gasteiger partial charge in [0.25, 0.3) is 5.91 Å². The Morgan fingerprint density at radius 1 is 1.42 bits per heavy atom. The lowest BCUT2D eigenvalue weighted by Crippen LogP contribution is -2.37. The van der Waals surface area contributed by atoms with E-state index in [4.69, 9.17) is 21.2 Å². The molecule has 0 radical (unpaired) electrons. The van der Waals surface area contributed by atoms with Crippen LogP contribution in [-0.2, 0) is 9.63 Å². The van der Waals surface area contributed by atoms with Gasteiger partial charge in [-0.05, 0) is 49.9 Å². The number of hydrogen-bond acceptors (Lipinski definition) is 3. The summed E-state index contributed by atoms with van der Waals surface area (Å²) in [7, 11) is 0. The van der Waals surface area contributed by atoms with Gasteiger partial charge in [0.05, 0.1) is 6.61 Å². The highest BCUT2D eigenvalue weighted by Gasteiger charge is 2.19. The predicted octanol–water partition coefficient (Wildman–Crippen LogP) is 2.96. The van der Waals surface area contributed by atoms with E-state index in [-0.39, 0.29) is 5.91 Å². The fraction of sp³-hybridized carbons (Fsp3) is 0.500. The molecule has 1 N–H and O–H groups in total. The minimum Gasteiger partial charge on any atom is -0.481 e. The second-order valence-corrected chi connectivity index (χ2v) is 5.22. The molecular formula is C14H18ClNO3. The lowest BCUT2D eigenvalue weighted by molar-refractivity contribution is -0.142. The van der Waals surface area contributed by atoms with E-state index in [0.29, 0.717) is 23.3 Å². The molecule has 5 heteroatoms. The van der Waals surface area contributed by atoms with Gasteiger partial charge in [-0.3, -0.25) is 9.63 Å². The number of hydrogen-bond donors (Lipinski definition) is 1. The van der Waals surface area contributed by atoms with Gasteiger partial charge in [0.1, 0.15) is 5.75 Å². The first-order chi connectivity index (χ1) is 9.15. The number of rotatable bonds is 6. The van der Waals surface area contributed by atoms with Crippen molar-refractivity contribution in [1.29, 1.82) is 0 Å². The van der Waals surface area contributed by atoms with Crippen molar-refractivity contribution in [3.8, 4) is 5.75 Å². The molecule has 1 fully saturated rings. The molecule has 1 aromatic carbocycles. The highest BCUT2D eigenvalue weighted by Crippen LogP contribution is 2.25. The standard InChI is InChI=1S/C14H18ClNO3/c1-10(19-13-7-5-12(15)6-8-13)14(17)16-18-9-11-3-2-4-11/h5-8,10-11H,2-4,9H2,1H3,(H,16,17)/t10-/m0/s1. The minimum absolute atomic E-state index is 0.283. The first kappa shape index (κ1) is 14.2. The third kappa shape index (κ3) is 4.40. The molecule has 19 heavy (non-hydrogen) atoms. The number of halogens is 1. The number of carbonyl (C=O) groups excluding carboxylic acids is 1. The Morgan fingerprint density at radius 3 is 2.68 bits per heavy atom. The van der Waals surface area contributed by atoms with Crippen molar-refractivity contribution in [3.63, 3.8) is 0 Å². The Balaban J connectivity index is 1.70. The van der Waals surface area contributed by atoms with Crippen LogP contribution in [-0.4, -0.2) is 18.6 Å². The lowest BCUT2D eigenvalue weighted by atomic mass is 9.86. The third-order valence-electron chi connectivity index (χ3n) is 3.21. The quantitative estimate of drug-likeness (QED) is 0.817. The molecule has 1 aliphatic carbocycles. The summed E-state index contributed by atoms with van der Waals surface area (Å²) < 4.78 is 5.48. The van der Waals surface area contributed by atoms with E-state index in [0.717, 1.165) is 0 Å². The first-order valence-corrected chi connectivity index (χ1v) is 6.87. The number of carbonyl (C=O) groups is 1. The van der Waals surface area contributed by atoms with Crippen molar-refractivity contribution >= 4 is 17.5 Å². The Labute approximate surface area is 118 Å². The summed E-state index contributed by atoms with van der Waals surface area (Å²) in [5.74, 6) is 0.910. The molecule has 1 amide bonds. The van der Waals surface area contributed by atoms with Crippen LogP contribution in [0.3, 0.4) is 0 Å². The molecule has 0 saturated heterocycles. The maximum atomic E-state index is 11.7. The van der Waals surface area contributed by atoms with E-state index in [1.54, 1.807) is 31.2 Å². The number of ether oxygens (including phenoxy) is 1. The largest absolute Gasteiger partial charge is 0.481 e. The summed E-state index contributed by atoms with van der Waals surface area (Å²) in [5, 5.41) is 0.633. The Morgan fingerprint density at radius 2 is 2.11 bits per heavy atom. The molecule has 0 aromatic heterocycles. The number of amides is 1. The Hall–Kier alpha value is -1.26. The van der Waals surface area contributed by atoms with Gasteiger partial charge >= 0.3 is 0 Å². The Bertz CT molecular complexity index is 417. The fourth-order valence-corrected chi connectivity index (χ4v) is 1.87. The molecule has 4 nitrogen and oxygen atoms in total. The summed E-state index contributed by atoms with van der Waals surface area (Å²) in [4.78, 5) is 16.9. The summed E-state index contributed by atoms with van der Waals surface area (Å²) >= 11 is 5.77. The van der Waals surface area contributed by atoms with E-state index < -0.39 is 6.10 Å². The van der Waals surface area contributed by atoms with Crippen LogP contribution < -0.4 is 10.2 Å². The van der Waals surface area contributed by atoms with E-state index in [1.807, 2.05) is 0 Å². The zero-order valence-corrected chi connectivity index (χ0v) is 11.7. The highest BCUT2D eigenvalue weighted by molar-refractivity contribution is 6.30. The Kier molecular flexibility index (Phi) is 5.05. The molecular weight excluding hydrogens is 266 g/mol. The molecule has 0 bridgehead atoms. The zero-order valence-electron chi connectivity index (χ0n) is 10.9. The van der Waals surface area contributed by atoms with Gasteiger partial charge in [-0.25, -0.2) is 5.48 Å². The third-order valence-corrected chi connectivity index (χ3v) is 3.46. The highest BCUT2D eigenvalue weighted by atomic mass is 35.5. The normalized spacial score (nSPS) is 16.5. The van der Waals surface area contributed by atoms with Crippen molar-refractivity contribution in [2.24, 2.45) is 5.92 Å². The van der Waals surface area contributed by atoms with Crippen LogP contribution in [0.25, 0.3) is 0 Å². The molecule has 2 rings (SSSR count). The molecule has 1 saturated carbocycles. The van der Waals surface area contributed by atoms with Crippen LogP contribution in [0.2, 0.25) is 5.02 Å². The second kappa shape index (κ2) is 6.78. The molecule has 0 heterocycles. The van der Waals surface area contributed by atoms with E-state index in [1.165, 1.54) is 19.3 Å². The van der Waals surface area contributed by atoms with Crippen LogP contribution in [0.1, 0.15) is 26.2 Å². The molecule has 0 unspecified atom stereocenters. The summed E-state index contributed by atoms with van der Waals surface area (Å²) in [6.07, 6.45) is 3.03. The molecule has 0 aliphatic heterocycles. The van der Waals surface area contributed by atoms with Crippen LogP contribution in [0.5, 0.6) is 5.75 Å².